The van der Waals surface area contributed by atoms with Crippen LogP contribution in [0.25, 0.3) is 0 Å². The molecular weight excluding hydrogens is 208 g/mol. The molecular formula is C11H18N2OS. The minimum Gasteiger partial charge on any atom is -0.394 e. The standard InChI is InChI=1S/C11H18N2OS/c14-7-10(11-6-12-8-15-11)13-9-4-2-1-3-5-9/h6,8-10,13-14H,1-5,7H2. The molecule has 0 spiro atoms. The minimum atomic E-state index is 0.0839. The summed E-state index contributed by atoms with van der Waals surface area (Å²) < 4.78 is 0. The maximum absolute atomic E-state index is 9.34. The molecule has 0 aromatic carbocycles. The third-order valence-corrected chi connectivity index (χ3v) is 3.91. The average molecular weight is 226 g/mol. The van der Waals surface area contributed by atoms with Gasteiger partial charge in [0.2, 0.25) is 0 Å². The molecule has 84 valence electrons. The topological polar surface area (TPSA) is 45.1 Å². The first kappa shape index (κ1) is 11.0. The number of aliphatic hydroxyl groups is 1. The summed E-state index contributed by atoms with van der Waals surface area (Å²) in [7, 11) is 0. The Hall–Kier alpha value is -0.450. The van der Waals surface area contributed by atoms with E-state index >= 15 is 0 Å². The molecule has 2 N–H and O–H groups in total. The first-order valence-electron chi connectivity index (χ1n) is 5.65. The fourth-order valence-corrected chi connectivity index (χ4v) is 2.85. The number of nitrogens with zero attached hydrogens (tertiary/aromatic N) is 1. The van der Waals surface area contributed by atoms with Crippen molar-refractivity contribution in [2.45, 2.75) is 44.2 Å². The lowest BCUT2D eigenvalue weighted by atomic mass is 9.95. The van der Waals surface area contributed by atoms with E-state index in [9.17, 15) is 5.11 Å². The van der Waals surface area contributed by atoms with Crippen molar-refractivity contribution in [1.29, 1.82) is 0 Å². The molecule has 1 aromatic rings. The Morgan fingerprint density at radius 3 is 2.87 bits per heavy atom. The Bertz CT molecular complexity index is 270. The predicted molar refractivity (Wildman–Crippen MR) is 61.9 cm³/mol. The maximum atomic E-state index is 9.34. The Kier molecular flexibility index (Phi) is 4.11. The number of thiazole rings is 1. The third kappa shape index (κ3) is 3.00. The average Bonchev–Trinajstić information content (AvgIpc) is 2.81. The number of aromatic nitrogens is 1. The van der Waals surface area contributed by atoms with Crippen molar-refractivity contribution in [2.75, 3.05) is 6.61 Å². The van der Waals surface area contributed by atoms with Crippen LogP contribution < -0.4 is 5.32 Å². The van der Waals surface area contributed by atoms with Gasteiger partial charge in [0.15, 0.2) is 0 Å². The molecule has 0 amide bonds. The highest BCUT2D eigenvalue weighted by molar-refractivity contribution is 7.09. The van der Waals surface area contributed by atoms with Crippen molar-refractivity contribution in [3.63, 3.8) is 0 Å². The van der Waals surface area contributed by atoms with E-state index in [1.54, 1.807) is 11.3 Å². The zero-order valence-corrected chi connectivity index (χ0v) is 9.67. The summed E-state index contributed by atoms with van der Waals surface area (Å²) in [6.45, 7) is 0.165. The second-order valence-corrected chi connectivity index (χ2v) is 5.06. The van der Waals surface area contributed by atoms with Crippen LogP contribution in [0.1, 0.15) is 43.0 Å². The molecule has 1 aromatic heterocycles. The lowest BCUT2D eigenvalue weighted by molar-refractivity contribution is 0.222. The van der Waals surface area contributed by atoms with Gasteiger partial charge in [-0.05, 0) is 12.8 Å². The van der Waals surface area contributed by atoms with Crippen molar-refractivity contribution in [3.05, 3.63) is 16.6 Å². The van der Waals surface area contributed by atoms with Crippen LogP contribution in [0.2, 0.25) is 0 Å². The van der Waals surface area contributed by atoms with Gasteiger partial charge in [0.1, 0.15) is 0 Å². The quantitative estimate of drug-likeness (QED) is 0.826. The Labute approximate surface area is 94.5 Å². The molecule has 1 fully saturated rings. The van der Waals surface area contributed by atoms with Gasteiger partial charge in [-0.1, -0.05) is 19.3 Å². The van der Waals surface area contributed by atoms with Gasteiger partial charge in [-0.25, -0.2) is 0 Å². The van der Waals surface area contributed by atoms with E-state index in [1.807, 2.05) is 11.7 Å². The lowest BCUT2D eigenvalue weighted by Crippen LogP contribution is -2.35. The SMILES string of the molecule is OCC(NC1CCCCC1)c1cncs1. The first-order valence-corrected chi connectivity index (χ1v) is 6.53. The molecule has 0 saturated heterocycles. The third-order valence-electron chi connectivity index (χ3n) is 3.02. The molecule has 0 aliphatic heterocycles. The number of hydrogen-bond donors (Lipinski definition) is 2. The van der Waals surface area contributed by atoms with Gasteiger partial charge in [-0.3, -0.25) is 4.98 Å². The van der Waals surface area contributed by atoms with Crippen LogP contribution in [-0.4, -0.2) is 22.7 Å². The first-order chi connectivity index (χ1) is 7.40. The lowest BCUT2D eigenvalue weighted by Gasteiger charge is -2.26. The van der Waals surface area contributed by atoms with E-state index in [0.29, 0.717) is 6.04 Å². The molecule has 0 radical (unpaired) electrons. The van der Waals surface area contributed by atoms with E-state index in [1.165, 1.54) is 32.1 Å². The van der Waals surface area contributed by atoms with Crippen LogP contribution in [0, 0.1) is 0 Å². The number of aliphatic hydroxyl groups excluding tert-OH is 1. The molecule has 0 bridgehead atoms. The molecule has 2 rings (SSSR count). The van der Waals surface area contributed by atoms with Gasteiger partial charge in [-0.15, -0.1) is 11.3 Å². The number of nitrogens with one attached hydrogen (secondary N) is 1. The van der Waals surface area contributed by atoms with Gasteiger partial charge in [-0.2, -0.15) is 0 Å². The number of hydrogen-bond acceptors (Lipinski definition) is 4. The second-order valence-electron chi connectivity index (χ2n) is 4.14. The zero-order valence-electron chi connectivity index (χ0n) is 8.85. The normalized spacial score (nSPS) is 20.3. The van der Waals surface area contributed by atoms with Crippen LogP contribution in [0.3, 0.4) is 0 Å². The van der Waals surface area contributed by atoms with E-state index in [-0.39, 0.29) is 12.6 Å². The van der Waals surface area contributed by atoms with Gasteiger partial charge in [0.05, 0.1) is 18.2 Å². The van der Waals surface area contributed by atoms with E-state index in [4.69, 9.17) is 0 Å². The summed E-state index contributed by atoms with van der Waals surface area (Å²) in [5, 5.41) is 12.9. The predicted octanol–water partition coefficient (Wildman–Crippen LogP) is 2.10. The second kappa shape index (κ2) is 5.58. The Morgan fingerprint density at radius 1 is 1.47 bits per heavy atom. The van der Waals surface area contributed by atoms with Gasteiger partial charge in [0.25, 0.3) is 0 Å². The van der Waals surface area contributed by atoms with Crippen molar-refractivity contribution < 1.29 is 5.11 Å². The van der Waals surface area contributed by atoms with E-state index in [2.05, 4.69) is 10.3 Å². The van der Waals surface area contributed by atoms with Crippen molar-refractivity contribution >= 4 is 11.3 Å². The van der Waals surface area contributed by atoms with Gasteiger partial charge < -0.3 is 10.4 Å². The van der Waals surface area contributed by atoms with E-state index < -0.39 is 0 Å². The number of rotatable bonds is 4. The van der Waals surface area contributed by atoms with Gasteiger partial charge >= 0.3 is 0 Å². The summed E-state index contributed by atoms with van der Waals surface area (Å²) >= 11 is 1.61. The van der Waals surface area contributed by atoms with Crippen LogP contribution in [0.5, 0.6) is 0 Å². The minimum absolute atomic E-state index is 0.0839. The fraction of sp³-hybridized carbons (Fsp3) is 0.727. The van der Waals surface area contributed by atoms with Crippen LogP contribution in [0.15, 0.2) is 11.7 Å². The highest BCUT2D eigenvalue weighted by Crippen LogP contribution is 2.22. The van der Waals surface area contributed by atoms with Crippen molar-refractivity contribution in [1.82, 2.24) is 10.3 Å². The molecule has 1 unspecified atom stereocenters. The molecule has 1 atom stereocenters. The Morgan fingerprint density at radius 2 is 2.27 bits per heavy atom. The molecule has 3 nitrogen and oxygen atoms in total. The van der Waals surface area contributed by atoms with Gasteiger partial charge in [0, 0.05) is 17.1 Å². The molecule has 1 aliphatic rings. The largest absolute Gasteiger partial charge is 0.394 e. The molecule has 1 heterocycles. The van der Waals surface area contributed by atoms with E-state index in [0.717, 1.165) is 4.88 Å². The van der Waals surface area contributed by atoms with Crippen LogP contribution in [-0.2, 0) is 0 Å². The summed E-state index contributed by atoms with van der Waals surface area (Å²) in [4.78, 5) is 5.19. The van der Waals surface area contributed by atoms with Crippen molar-refractivity contribution in [3.8, 4) is 0 Å². The molecule has 1 saturated carbocycles. The summed E-state index contributed by atoms with van der Waals surface area (Å²) in [6, 6.07) is 0.665. The summed E-state index contributed by atoms with van der Waals surface area (Å²) in [5.74, 6) is 0. The van der Waals surface area contributed by atoms with Crippen LogP contribution in [0.4, 0.5) is 0 Å². The Balaban J connectivity index is 1.90. The molecule has 4 heteroatoms. The molecule has 1 aliphatic carbocycles. The maximum Gasteiger partial charge on any atom is 0.0794 e. The van der Waals surface area contributed by atoms with Crippen molar-refractivity contribution in [2.24, 2.45) is 0 Å². The summed E-state index contributed by atoms with van der Waals surface area (Å²) in [5.41, 5.74) is 1.82. The summed E-state index contributed by atoms with van der Waals surface area (Å²) in [6.07, 6.45) is 8.34. The highest BCUT2D eigenvalue weighted by atomic mass is 32.1. The highest BCUT2D eigenvalue weighted by Gasteiger charge is 2.19. The smallest absolute Gasteiger partial charge is 0.0794 e. The zero-order chi connectivity index (χ0) is 10.5. The monoisotopic (exact) mass is 226 g/mol. The molecule has 15 heavy (non-hydrogen) atoms. The van der Waals surface area contributed by atoms with Crippen LogP contribution >= 0.6 is 11.3 Å². The fourth-order valence-electron chi connectivity index (χ4n) is 2.18.